The molecule has 2 aromatic heterocycles. The number of nitrogens with zero attached hydrogens (tertiary/aromatic N) is 2. The number of methoxy groups -OCH3 is 2. The Bertz CT molecular complexity index is 1210. The fraction of sp³-hybridized carbons (Fsp3) is 0.250. The largest absolute Gasteiger partial charge is 0.497 e. The summed E-state index contributed by atoms with van der Waals surface area (Å²) in [6.45, 7) is 0.668. The minimum Gasteiger partial charge on any atom is -0.497 e. The Kier molecular flexibility index (Phi) is 5.11. The fourth-order valence-corrected chi connectivity index (χ4v) is 5.05. The van der Waals surface area contributed by atoms with Crippen molar-refractivity contribution in [2.75, 3.05) is 20.8 Å². The van der Waals surface area contributed by atoms with Crippen LogP contribution in [0.4, 0.5) is 0 Å². The molecular formula is C24H22N2O4S. The highest BCUT2D eigenvalue weighted by molar-refractivity contribution is 7.21. The molecule has 6 nitrogen and oxygen atoms in total. The lowest BCUT2D eigenvalue weighted by atomic mass is 10.0. The lowest BCUT2D eigenvalue weighted by Crippen LogP contribution is -2.30. The average molecular weight is 435 g/mol. The van der Waals surface area contributed by atoms with Crippen molar-refractivity contribution in [3.63, 3.8) is 0 Å². The van der Waals surface area contributed by atoms with Gasteiger partial charge in [-0.3, -0.25) is 4.79 Å². The highest BCUT2D eigenvalue weighted by Gasteiger charge is 2.34. The van der Waals surface area contributed by atoms with Gasteiger partial charge < -0.3 is 18.8 Å². The van der Waals surface area contributed by atoms with Crippen LogP contribution in [0, 0.1) is 0 Å². The predicted octanol–water partition coefficient (Wildman–Crippen LogP) is 5.55. The van der Waals surface area contributed by atoms with Gasteiger partial charge in [-0.2, -0.15) is 0 Å². The molecule has 0 radical (unpaired) electrons. The molecule has 4 aromatic rings. The topological polar surface area (TPSA) is 64.8 Å². The highest BCUT2D eigenvalue weighted by atomic mass is 32.1. The number of hydrogen-bond acceptors (Lipinski definition) is 6. The zero-order valence-electron chi connectivity index (χ0n) is 17.3. The van der Waals surface area contributed by atoms with E-state index in [0.717, 1.165) is 45.1 Å². The third-order valence-electron chi connectivity index (χ3n) is 5.63. The number of carbonyl (C=O) groups excluding carboxylic acids is 1. The van der Waals surface area contributed by atoms with Gasteiger partial charge in [0.2, 0.25) is 0 Å². The Morgan fingerprint density at radius 3 is 2.81 bits per heavy atom. The van der Waals surface area contributed by atoms with Crippen molar-refractivity contribution in [3.05, 3.63) is 65.9 Å². The first-order valence-corrected chi connectivity index (χ1v) is 11.0. The molecule has 0 aliphatic carbocycles. The molecule has 7 heteroatoms. The molecule has 1 aliphatic rings. The minimum atomic E-state index is -0.125. The molecule has 1 amide bonds. The number of rotatable bonds is 5. The third-order valence-corrected chi connectivity index (χ3v) is 6.68. The first-order chi connectivity index (χ1) is 15.2. The molecule has 0 N–H and O–H groups in total. The zero-order valence-corrected chi connectivity index (χ0v) is 18.1. The zero-order chi connectivity index (χ0) is 21.4. The molecule has 5 rings (SSSR count). The number of para-hydroxylation sites is 1. The van der Waals surface area contributed by atoms with Gasteiger partial charge in [-0.25, -0.2) is 4.98 Å². The number of carbonyl (C=O) groups is 1. The van der Waals surface area contributed by atoms with Crippen LogP contribution in [0.5, 0.6) is 11.5 Å². The van der Waals surface area contributed by atoms with Crippen molar-refractivity contribution in [1.82, 2.24) is 9.88 Å². The van der Waals surface area contributed by atoms with Gasteiger partial charge in [0.25, 0.3) is 5.91 Å². The van der Waals surface area contributed by atoms with Gasteiger partial charge in [0, 0.05) is 12.1 Å². The van der Waals surface area contributed by atoms with E-state index in [9.17, 15) is 4.79 Å². The molecule has 1 fully saturated rings. The molecule has 0 bridgehead atoms. The number of hydrogen-bond donors (Lipinski definition) is 0. The molecular weight excluding hydrogens is 412 g/mol. The van der Waals surface area contributed by atoms with Crippen LogP contribution in [0.1, 0.15) is 35.0 Å². The normalized spacial score (nSPS) is 16.1. The van der Waals surface area contributed by atoms with E-state index in [1.165, 1.54) is 0 Å². The van der Waals surface area contributed by atoms with Crippen LogP contribution in [0.15, 0.2) is 59.0 Å². The summed E-state index contributed by atoms with van der Waals surface area (Å²) >= 11 is 1.55. The fourth-order valence-electron chi connectivity index (χ4n) is 4.12. The van der Waals surface area contributed by atoms with Crippen molar-refractivity contribution in [2.24, 2.45) is 0 Å². The highest BCUT2D eigenvalue weighted by Crippen LogP contribution is 2.40. The SMILES string of the molecule is COc1ccc(OC)c(C2CCCN2C(=O)c2ccc(-c3nc4ccccc4s3)o2)c1. The van der Waals surface area contributed by atoms with Gasteiger partial charge in [0.1, 0.15) is 11.5 Å². The van der Waals surface area contributed by atoms with Crippen molar-refractivity contribution in [3.8, 4) is 22.3 Å². The van der Waals surface area contributed by atoms with E-state index < -0.39 is 0 Å². The molecule has 0 spiro atoms. The van der Waals surface area contributed by atoms with E-state index in [0.29, 0.717) is 18.1 Å². The van der Waals surface area contributed by atoms with E-state index in [1.807, 2.05) is 53.4 Å². The Labute approximate surface area is 184 Å². The third kappa shape index (κ3) is 3.55. The summed E-state index contributed by atoms with van der Waals surface area (Å²) in [5, 5.41) is 0.771. The number of aromatic nitrogens is 1. The second-order valence-corrected chi connectivity index (χ2v) is 8.45. The van der Waals surface area contributed by atoms with Crippen LogP contribution in [0.2, 0.25) is 0 Å². The molecule has 31 heavy (non-hydrogen) atoms. The van der Waals surface area contributed by atoms with Crippen LogP contribution < -0.4 is 9.47 Å². The standard InChI is InChI=1S/C24H22N2O4S/c1-28-15-9-10-19(29-2)16(14-15)18-7-5-13-26(18)24(27)21-12-11-20(30-21)23-25-17-6-3-4-8-22(17)31-23/h3-4,6,8-12,14,18H,5,7,13H2,1-2H3. The summed E-state index contributed by atoms with van der Waals surface area (Å²) in [7, 11) is 3.28. The van der Waals surface area contributed by atoms with E-state index in [-0.39, 0.29) is 11.9 Å². The molecule has 1 aliphatic heterocycles. The van der Waals surface area contributed by atoms with Crippen LogP contribution >= 0.6 is 11.3 Å². The average Bonchev–Trinajstić information content (AvgIpc) is 3.56. The van der Waals surface area contributed by atoms with E-state index in [2.05, 4.69) is 4.98 Å². The maximum absolute atomic E-state index is 13.3. The Morgan fingerprint density at radius 1 is 1.13 bits per heavy atom. The summed E-state index contributed by atoms with van der Waals surface area (Å²) < 4.78 is 18.0. The van der Waals surface area contributed by atoms with Crippen molar-refractivity contribution < 1.29 is 18.7 Å². The summed E-state index contributed by atoms with van der Waals surface area (Å²) in [4.78, 5) is 19.8. The van der Waals surface area contributed by atoms with Gasteiger partial charge >= 0.3 is 0 Å². The van der Waals surface area contributed by atoms with E-state index in [4.69, 9.17) is 13.9 Å². The smallest absolute Gasteiger partial charge is 0.290 e. The van der Waals surface area contributed by atoms with Gasteiger partial charge in [-0.05, 0) is 55.3 Å². The number of fused-ring (bicyclic) bond motifs is 1. The number of likely N-dealkylation sites (tertiary alicyclic amines) is 1. The van der Waals surface area contributed by atoms with Crippen LogP contribution in [0.25, 0.3) is 21.0 Å². The first kappa shape index (κ1) is 19.6. The number of thiazole rings is 1. The number of benzene rings is 2. The summed E-state index contributed by atoms with van der Waals surface area (Å²) in [5.74, 6) is 2.30. The summed E-state index contributed by atoms with van der Waals surface area (Å²) in [5.41, 5.74) is 1.88. The van der Waals surface area contributed by atoms with Crippen molar-refractivity contribution in [2.45, 2.75) is 18.9 Å². The first-order valence-electron chi connectivity index (χ1n) is 10.2. The summed E-state index contributed by atoms with van der Waals surface area (Å²) in [6.07, 6.45) is 1.78. The monoisotopic (exact) mass is 434 g/mol. The molecule has 3 heterocycles. The van der Waals surface area contributed by atoms with E-state index >= 15 is 0 Å². The molecule has 158 valence electrons. The minimum absolute atomic E-state index is 0.0893. The van der Waals surface area contributed by atoms with Crippen LogP contribution in [-0.4, -0.2) is 36.6 Å². The van der Waals surface area contributed by atoms with Gasteiger partial charge in [0.15, 0.2) is 16.5 Å². The molecule has 0 saturated carbocycles. The Morgan fingerprint density at radius 2 is 2.00 bits per heavy atom. The van der Waals surface area contributed by atoms with Crippen LogP contribution in [0.3, 0.4) is 0 Å². The predicted molar refractivity (Wildman–Crippen MR) is 120 cm³/mol. The summed E-state index contributed by atoms with van der Waals surface area (Å²) in [6, 6.07) is 17.1. The second-order valence-electron chi connectivity index (χ2n) is 7.42. The van der Waals surface area contributed by atoms with Gasteiger partial charge in [-0.15, -0.1) is 11.3 Å². The van der Waals surface area contributed by atoms with Crippen molar-refractivity contribution in [1.29, 1.82) is 0 Å². The Hall–Kier alpha value is -3.32. The van der Waals surface area contributed by atoms with Gasteiger partial charge in [-0.1, -0.05) is 12.1 Å². The molecule has 2 aromatic carbocycles. The lowest BCUT2D eigenvalue weighted by Gasteiger charge is -2.26. The second kappa shape index (κ2) is 8.07. The van der Waals surface area contributed by atoms with Crippen LogP contribution in [-0.2, 0) is 0 Å². The van der Waals surface area contributed by atoms with Gasteiger partial charge in [0.05, 0.1) is 30.5 Å². The molecule has 1 atom stereocenters. The number of furan rings is 1. The number of amides is 1. The number of ether oxygens (including phenoxy) is 2. The Balaban J connectivity index is 1.44. The molecule has 1 unspecified atom stereocenters. The maximum Gasteiger partial charge on any atom is 0.290 e. The van der Waals surface area contributed by atoms with E-state index in [1.54, 1.807) is 31.6 Å². The lowest BCUT2D eigenvalue weighted by molar-refractivity contribution is 0.0702. The quantitative estimate of drug-likeness (QED) is 0.412. The maximum atomic E-state index is 13.3. The molecule has 1 saturated heterocycles. The van der Waals surface area contributed by atoms with Crippen molar-refractivity contribution >= 4 is 27.5 Å².